The predicted octanol–water partition coefficient (Wildman–Crippen LogP) is 10.2. The topological polar surface area (TPSA) is 131 Å². The van der Waals surface area contributed by atoms with Crippen molar-refractivity contribution in [2.24, 2.45) is 5.73 Å². The minimum absolute atomic E-state index is 0.0756. The third-order valence-electron chi connectivity index (χ3n) is 8.53. The molecule has 9 heteroatoms. The molecule has 0 aromatic carbocycles. The average Bonchev–Trinajstić information content (AvgIpc) is 3.05. The van der Waals surface area contributed by atoms with Crippen LogP contribution in [0.15, 0.2) is 24.3 Å². The second-order valence-corrected chi connectivity index (χ2v) is 14.6. The van der Waals surface area contributed by atoms with E-state index in [9.17, 15) is 19.4 Å². The SMILES string of the molecule is CCCCCCCCCCC/C=C/CC/C=C/C(O)C(COP(=O)(O)OCCN)NC(=O)CCCCCCCCCCCCCCC. The number of nitrogens with two attached hydrogens (primary N) is 1. The minimum Gasteiger partial charge on any atom is -0.387 e. The Morgan fingerprint density at radius 3 is 1.64 bits per heavy atom. The predicted molar refractivity (Wildman–Crippen MR) is 198 cm³/mol. The molecular formula is C38H75N2O6P. The maximum Gasteiger partial charge on any atom is 0.472 e. The highest BCUT2D eigenvalue weighted by molar-refractivity contribution is 7.47. The Labute approximate surface area is 289 Å². The summed E-state index contributed by atoms with van der Waals surface area (Å²) >= 11 is 0. The van der Waals surface area contributed by atoms with Crippen LogP contribution in [0.2, 0.25) is 0 Å². The number of carbonyl (C=O) groups is 1. The Morgan fingerprint density at radius 2 is 1.13 bits per heavy atom. The third kappa shape index (κ3) is 33.3. The fourth-order valence-electron chi connectivity index (χ4n) is 5.56. The molecule has 47 heavy (non-hydrogen) atoms. The number of hydrogen-bond donors (Lipinski definition) is 4. The van der Waals surface area contributed by atoms with Crippen LogP contribution in [0.3, 0.4) is 0 Å². The van der Waals surface area contributed by atoms with Gasteiger partial charge in [0, 0.05) is 13.0 Å². The molecule has 5 N–H and O–H groups in total. The van der Waals surface area contributed by atoms with Crippen LogP contribution in [0.5, 0.6) is 0 Å². The van der Waals surface area contributed by atoms with Crippen LogP contribution in [0.1, 0.15) is 181 Å². The summed E-state index contributed by atoms with van der Waals surface area (Å²) in [5.74, 6) is -0.204. The molecule has 0 saturated heterocycles. The van der Waals surface area contributed by atoms with Crippen molar-refractivity contribution in [1.82, 2.24) is 5.32 Å². The van der Waals surface area contributed by atoms with Gasteiger partial charge in [-0.15, -0.1) is 0 Å². The second kappa shape index (κ2) is 34.8. The number of carbonyl (C=O) groups excluding carboxylic acids is 1. The van der Waals surface area contributed by atoms with Crippen LogP contribution in [0.4, 0.5) is 0 Å². The Morgan fingerprint density at radius 1 is 0.681 bits per heavy atom. The Hall–Kier alpha value is -1.02. The van der Waals surface area contributed by atoms with Crippen LogP contribution >= 0.6 is 7.82 Å². The summed E-state index contributed by atoms with van der Waals surface area (Å²) in [6.07, 6.45) is 37.9. The minimum atomic E-state index is -4.34. The van der Waals surface area contributed by atoms with E-state index < -0.39 is 20.0 Å². The van der Waals surface area contributed by atoms with Gasteiger partial charge in [-0.1, -0.05) is 167 Å². The fraction of sp³-hybridized carbons (Fsp3) is 0.868. The van der Waals surface area contributed by atoms with E-state index in [0.717, 1.165) is 38.5 Å². The Balaban J connectivity index is 4.35. The van der Waals surface area contributed by atoms with Crippen molar-refractivity contribution in [3.8, 4) is 0 Å². The largest absolute Gasteiger partial charge is 0.472 e. The van der Waals surface area contributed by atoms with Gasteiger partial charge in [0.05, 0.1) is 25.4 Å². The number of hydrogen-bond acceptors (Lipinski definition) is 6. The summed E-state index contributed by atoms with van der Waals surface area (Å²) in [5.41, 5.74) is 5.35. The summed E-state index contributed by atoms with van der Waals surface area (Å²) in [6, 6.07) is -0.870. The zero-order valence-corrected chi connectivity index (χ0v) is 31.4. The van der Waals surface area contributed by atoms with E-state index >= 15 is 0 Å². The van der Waals surface area contributed by atoms with E-state index in [1.807, 2.05) is 6.08 Å². The van der Waals surface area contributed by atoms with Crippen molar-refractivity contribution in [3.63, 3.8) is 0 Å². The number of allylic oxidation sites excluding steroid dienone is 3. The molecule has 0 saturated carbocycles. The maximum atomic E-state index is 12.7. The third-order valence-corrected chi connectivity index (χ3v) is 9.51. The first-order chi connectivity index (χ1) is 22.9. The van der Waals surface area contributed by atoms with Crippen LogP contribution in [0.25, 0.3) is 0 Å². The van der Waals surface area contributed by atoms with E-state index in [1.165, 1.54) is 122 Å². The monoisotopic (exact) mass is 687 g/mol. The molecule has 0 fully saturated rings. The molecule has 0 rings (SSSR count). The highest BCUT2D eigenvalue weighted by Crippen LogP contribution is 2.43. The smallest absolute Gasteiger partial charge is 0.387 e. The molecule has 0 aliphatic rings. The van der Waals surface area contributed by atoms with Gasteiger partial charge in [-0.3, -0.25) is 13.8 Å². The Bertz CT molecular complexity index is 794. The van der Waals surface area contributed by atoms with Crippen molar-refractivity contribution in [2.75, 3.05) is 19.8 Å². The molecule has 1 amide bonds. The standard InChI is InChI=1S/C38H75N2O6P/c1-3-5-7-9-11-13-15-17-18-20-21-23-25-27-29-31-37(41)36(35-46-47(43,44)45-34-33-39)40-38(42)32-30-28-26-24-22-19-16-14-12-10-8-6-4-2/h21,23,29,31,36-37,41H,3-20,22,24-28,30,32-35,39H2,1-2H3,(H,40,42)(H,43,44)/b23-21+,31-29+. The molecule has 0 radical (unpaired) electrons. The summed E-state index contributed by atoms with van der Waals surface area (Å²) in [4.78, 5) is 22.6. The van der Waals surface area contributed by atoms with Crippen LogP contribution < -0.4 is 11.1 Å². The number of aliphatic hydroxyl groups is 1. The summed E-state index contributed by atoms with van der Waals surface area (Å²) in [5, 5.41) is 13.6. The van der Waals surface area contributed by atoms with Crippen molar-refractivity contribution >= 4 is 13.7 Å². The number of phosphoric acid groups is 1. The van der Waals surface area contributed by atoms with E-state index in [0.29, 0.717) is 6.42 Å². The first kappa shape index (κ1) is 46.0. The highest BCUT2D eigenvalue weighted by Gasteiger charge is 2.26. The van der Waals surface area contributed by atoms with Gasteiger partial charge in [0.2, 0.25) is 5.91 Å². The van der Waals surface area contributed by atoms with Crippen molar-refractivity contribution < 1.29 is 28.4 Å². The van der Waals surface area contributed by atoms with Crippen LogP contribution in [0, 0.1) is 0 Å². The lowest BCUT2D eigenvalue weighted by Gasteiger charge is -2.23. The molecule has 0 aromatic heterocycles. The van der Waals surface area contributed by atoms with Gasteiger partial charge in [0.15, 0.2) is 0 Å². The lowest BCUT2D eigenvalue weighted by molar-refractivity contribution is -0.123. The number of phosphoric ester groups is 1. The number of nitrogens with one attached hydrogen (secondary N) is 1. The summed E-state index contributed by atoms with van der Waals surface area (Å²) in [7, 11) is -4.34. The van der Waals surface area contributed by atoms with E-state index in [4.69, 9.17) is 14.8 Å². The van der Waals surface area contributed by atoms with Gasteiger partial charge in [0.1, 0.15) is 0 Å². The zero-order chi connectivity index (χ0) is 34.7. The second-order valence-electron chi connectivity index (χ2n) is 13.1. The molecular weight excluding hydrogens is 611 g/mol. The lowest BCUT2D eigenvalue weighted by Crippen LogP contribution is -2.45. The first-order valence-electron chi connectivity index (χ1n) is 19.5. The van der Waals surface area contributed by atoms with Gasteiger partial charge in [0.25, 0.3) is 0 Å². The molecule has 0 aromatic rings. The number of unbranched alkanes of at least 4 members (excludes halogenated alkanes) is 22. The molecule has 0 heterocycles. The molecule has 8 nitrogen and oxygen atoms in total. The molecule has 3 atom stereocenters. The zero-order valence-electron chi connectivity index (χ0n) is 30.5. The molecule has 0 bridgehead atoms. The van der Waals surface area contributed by atoms with Gasteiger partial charge in [-0.25, -0.2) is 4.57 Å². The van der Waals surface area contributed by atoms with Crippen LogP contribution in [-0.2, 0) is 18.4 Å². The Kier molecular flexibility index (Phi) is 34.1. The van der Waals surface area contributed by atoms with Crippen molar-refractivity contribution in [3.05, 3.63) is 24.3 Å². The summed E-state index contributed by atoms with van der Waals surface area (Å²) < 4.78 is 22.0. The maximum absolute atomic E-state index is 12.7. The molecule has 0 aliphatic heterocycles. The van der Waals surface area contributed by atoms with E-state index in [1.54, 1.807) is 6.08 Å². The molecule has 0 spiro atoms. The van der Waals surface area contributed by atoms with Gasteiger partial charge in [-0.05, 0) is 32.1 Å². The highest BCUT2D eigenvalue weighted by atomic mass is 31.2. The quantitative estimate of drug-likeness (QED) is 0.0293. The normalized spacial score (nSPS) is 14.6. The first-order valence-corrected chi connectivity index (χ1v) is 21.0. The van der Waals surface area contributed by atoms with E-state index in [2.05, 4.69) is 31.3 Å². The van der Waals surface area contributed by atoms with Gasteiger partial charge >= 0.3 is 7.82 Å². The van der Waals surface area contributed by atoms with E-state index in [-0.39, 0.29) is 25.7 Å². The van der Waals surface area contributed by atoms with Crippen molar-refractivity contribution in [2.45, 2.75) is 193 Å². The fourth-order valence-corrected chi connectivity index (χ4v) is 6.32. The lowest BCUT2D eigenvalue weighted by atomic mass is 10.0. The van der Waals surface area contributed by atoms with Crippen LogP contribution in [-0.4, -0.2) is 47.8 Å². The number of aliphatic hydroxyl groups excluding tert-OH is 1. The molecule has 3 unspecified atom stereocenters. The molecule has 0 aliphatic carbocycles. The molecule has 278 valence electrons. The van der Waals surface area contributed by atoms with Crippen molar-refractivity contribution in [1.29, 1.82) is 0 Å². The average molecular weight is 687 g/mol. The number of rotatable bonds is 36. The summed E-state index contributed by atoms with van der Waals surface area (Å²) in [6.45, 7) is 4.10. The van der Waals surface area contributed by atoms with Gasteiger partial charge < -0.3 is 21.1 Å². The van der Waals surface area contributed by atoms with Gasteiger partial charge in [-0.2, -0.15) is 0 Å². The number of amides is 1.